The van der Waals surface area contributed by atoms with Gasteiger partial charge < -0.3 is 5.73 Å². The second kappa shape index (κ2) is 2.90. The lowest BCUT2D eigenvalue weighted by molar-refractivity contribution is 0.0964. The molecule has 3 nitrogen and oxygen atoms in total. The molecule has 0 aromatic carbocycles. The summed E-state index contributed by atoms with van der Waals surface area (Å²) >= 11 is 1.40. The minimum atomic E-state index is -0.443. The molecule has 2 N–H and O–H groups in total. The first kappa shape index (κ1) is 7.37. The third-order valence-corrected chi connectivity index (χ3v) is 1.68. The maximum Gasteiger partial charge on any atom is 0.198 e. The lowest BCUT2D eigenvalue weighted by Gasteiger charge is -1.97. The molecule has 0 bridgehead atoms. The Kier molecular flexibility index (Phi) is 2.13. The van der Waals surface area contributed by atoms with Crippen LogP contribution in [0.25, 0.3) is 0 Å². The fourth-order valence-corrected chi connectivity index (χ4v) is 1.11. The van der Waals surface area contributed by atoms with Gasteiger partial charge in [-0.2, -0.15) is 0 Å². The number of Topliss-reactive ketones (excluding diaryl/α,β-unsaturated/α-hetero) is 1. The van der Waals surface area contributed by atoms with Crippen molar-refractivity contribution in [1.82, 2.24) is 4.98 Å². The second-order valence-electron chi connectivity index (χ2n) is 2.03. The molecule has 0 radical (unpaired) electrons. The molecule has 1 rings (SSSR count). The summed E-state index contributed by atoms with van der Waals surface area (Å²) < 4.78 is 0. The summed E-state index contributed by atoms with van der Waals surface area (Å²) in [6.45, 7) is 1.65. The van der Waals surface area contributed by atoms with Gasteiger partial charge >= 0.3 is 0 Å². The molecule has 0 saturated heterocycles. The number of nitrogens with two attached hydrogens (primary N) is 1. The minimum Gasteiger partial charge on any atom is -0.321 e. The Bertz CT molecular complexity index is 218. The van der Waals surface area contributed by atoms with E-state index in [-0.39, 0.29) is 5.78 Å². The van der Waals surface area contributed by atoms with Crippen molar-refractivity contribution in [3.05, 3.63) is 16.6 Å². The normalized spacial score (nSPS) is 13.0. The molecule has 10 heavy (non-hydrogen) atoms. The summed E-state index contributed by atoms with van der Waals surface area (Å²) in [6.07, 6.45) is 0. The number of ketones is 1. The van der Waals surface area contributed by atoms with Gasteiger partial charge in [-0.15, -0.1) is 11.3 Å². The van der Waals surface area contributed by atoms with Crippen LogP contribution in [0.2, 0.25) is 0 Å². The van der Waals surface area contributed by atoms with E-state index >= 15 is 0 Å². The van der Waals surface area contributed by atoms with Gasteiger partial charge in [0.25, 0.3) is 0 Å². The van der Waals surface area contributed by atoms with Crippen LogP contribution in [0.4, 0.5) is 0 Å². The highest BCUT2D eigenvalue weighted by Crippen LogP contribution is 2.02. The Morgan fingerprint density at radius 1 is 1.90 bits per heavy atom. The van der Waals surface area contributed by atoms with Crippen molar-refractivity contribution < 1.29 is 4.79 Å². The third kappa shape index (κ3) is 1.40. The molecular formula is C6H8N2OS. The van der Waals surface area contributed by atoms with Gasteiger partial charge in [0.05, 0.1) is 11.6 Å². The Morgan fingerprint density at radius 2 is 2.60 bits per heavy atom. The van der Waals surface area contributed by atoms with Crippen LogP contribution < -0.4 is 5.73 Å². The van der Waals surface area contributed by atoms with E-state index in [1.165, 1.54) is 11.3 Å². The van der Waals surface area contributed by atoms with E-state index in [0.717, 1.165) is 0 Å². The van der Waals surface area contributed by atoms with E-state index in [4.69, 9.17) is 5.73 Å². The largest absolute Gasteiger partial charge is 0.321 e. The van der Waals surface area contributed by atoms with Gasteiger partial charge in [-0.05, 0) is 6.92 Å². The van der Waals surface area contributed by atoms with E-state index in [9.17, 15) is 4.79 Å². The topological polar surface area (TPSA) is 56.0 Å². The van der Waals surface area contributed by atoms with Gasteiger partial charge in [0.2, 0.25) is 0 Å². The van der Waals surface area contributed by atoms with Crippen molar-refractivity contribution in [3.8, 4) is 0 Å². The van der Waals surface area contributed by atoms with E-state index in [1.807, 2.05) is 0 Å². The van der Waals surface area contributed by atoms with Crippen molar-refractivity contribution in [2.45, 2.75) is 13.0 Å². The first-order valence-electron chi connectivity index (χ1n) is 2.90. The molecule has 0 amide bonds. The Balaban J connectivity index is 2.78. The third-order valence-electron chi connectivity index (χ3n) is 1.10. The zero-order valence-corrected chi connectivity index (χ0v) is 6.39. The zero-order valence-electron chi connectivity index (χ0n) is 5.57. The summed E-state index contributed by atoms with van der Waals surface area (Å²) in [7, 11) is 0. The zero-order chi connectivity index (χ0) is 7.56. The van der Waals surface area contributed by atoms with Crippen LogP contribution in [0.3, 0.4) is 0 Å². The predicted octanol–water partition coefficient (Wildman–Crippen LogP) is 0.673. The Hall–Kier alpha value is -0.740. The lowest BCUT2D eigenvalue weighted by Crippen LogP contribution is -2.26. The molecule has 4 heteroatoms. The molecule has 0 unspecified atom stereocenters. The highest BCUT2D eigenvalue weighted by molar-refractivity contribution is 7.07. The number of nitrogens with zero attached hydrogens (tertiary/aromatic N) is 1. The van der Waals surface area contributed by atoms with Gasteiger partial charge in [0.15, 0.2) is 5.78 Å². The number of hydrogen-bond acceptors (Lipinski definition) is 4. The Morgan fingerprint density at radius 3 is 3.00 bits per heavy atom. The SMILES string of the molecule is C[C@@H](N)C(=O)c1cscn1. The molecule has 54 valence electrons. The highest BCUT2D eigenvalue weighted by atomic mass is 32.1. The predicted molar refractivity (Wildman–Crippen MR) is 40.1 cm³/mol. The molecule has 0 aliphatic rings. The summed E-state index contributed by atoms with van der Waals surface area (Å²) in [5.74, 6) is -0.0961. The van der Waals surface area contributed by atoms with E-state index in [0.29, 0.717) is 5.69 Å². The maximum atomic E-state index is 11.0. The summed E-state index contributed by atoms with van der Waals surface area (Å²) in [5, 5.41) is 1.70. The molecule has 0 spiro atoms. The standard InChI is InChI=1S/C6H8N2OS/c1-4(7)6(9)5-2-10-3-8-5/h2-4H,7H2,1H3/t4-/m1/s1. The fourth-order valence-electron chi connectivity index (χ4n) is 0.567. The molecule has 1 aromatic heterocycles. The molecule has 0 aliphatic carbocycles. The van der Waals surface area contributed by atoms with E-state index in [2.05, 4.69) is 4.98 Å². The summed E-state index contributed by atoms with van der Waals surface area (Å²) in [6, 6.07) is -0.443. The number of rotatable bonds is 2. The van der Waals surface area contributed by atoms with E-state index < -0.39 is 6.04 Å². The molecule has 0 fully saturated rings. The van der Waals surface area contributed by atoms with E-state index in [1.54, 1.807) is 17.8 Å². The van der Waals surface area contributed by atoms with Gasteiger partial charge in [-0.3, -0.25) is 4.79 Å². The van der Waals surface area contributed by atoms with Crippen LogP contribution in [0.1, 0.15) is 17.4 Å². The van der Waals surface area contributed by atoms with Crippen molar-refractivity contribution in [3.63, 3.8) is 0 Å². The van der Waals surface area contributed by atoms with Crippen LogP contribution in [0.5, 0.6) is 0 Å². The van der Waals surface area contributed by atoms with Gasteiger partial charge in [-0.1, -0.05) is 0 Å². The molecule has 1 heterocycles. The number of hydrogen-bond donors (Lipinski definition) is 1. The highest BCUT2D eigenvalue weighted by Gasteiger charge is 2.11. The smallest absolute Gasteiger partial charge is 0.198 e. The molecule has 0 saturated carbocycles. The van der Waals surface area contributed by atoms with Crippen LogP contribution in [-0.4, -0.2) is 16.8 Å². The minimum absolute atomic E-state index is 0.0961. The number of carbonyl (C=O) groups excluding carboxylic acids is 1. The average Bonchev–Trinajstić information content (AvgIpc) is 2.36. The first-order valence-corrected chi connectivity index (χ1v) is 3.84. The lowest BCUT2D eigenvalue weighted by atomic mass is 10.2. The molecular weight excluding hydrogens is 148 g/mol. The van der Waals surface area contributed by atoms with Gasteiger partial charge in [0.1, 0.15) is 5.69 Å². The first-order chi connectivity index (χ1) is 4.72. The van der Waals surface area contributed by atoms with Crippen molar-refractivity contribution >= 4 is 17.1 Å². The van der Waals surface area contributed by atoms with Gasteiger partial charge in [0, 0.05) is 5.38 Å². The van der Waals surface area contributed by atoms with Crippen molar-refractivity contribution in [1.29, 1.82) is 0 Å². The quantitative estimate of drug-likeness (QED) is 0.640. The Labute approximate surface area is 62.9 Å². The monoisotopic (exact) mass is 156 g/mol. The van der Waals surface area contributed by atoms with Crippen LogP contribution in [0.15, 0.2) is 10.9 Å². The molecule has 1 aromatic rings. The molecule has 1 atom stereocenters. The summed E-state index contributed by atoms with van der Waals surface area (Å²) in [5.41, 5.74) is 7.44. The average molecular weight is 156 g/mol. The van der Waals surface area contributed by atoms with Crippen LogP contribution in [-0.2, 0) is 0 Å². The van der Waals surface area contributed by atoms with Crippen molar-refractivity contribution in [2.75, 3.05) is 0 Å². The number of carbonyl (C=O) groups is 1. The number of aromatic nitrogens is 1. The second-order valence-corrected chi connectivity index (χ2v) is 2.75. The summed E-state index contributed by atoms with van der Waals surface area (Å²) in [4.78, 5) is 14.9. The molecule has 0 aliphatic heterocycles. The van der Waals surface area contributed by atoms with Gasteiger partial charge in [-0.25, -0.2) is 4.98 Å². The number of thiazole rings is 1. The maximum absolute atomic E-state index is 11.0. The van der Waals surface area contributed by atoms with Crippen LogP contribution in [0, 0.1) is 0 Å². The van der Waals surface area contributed by atoms with Crippen molar-refractivity contribution in [2.24, 2.45) is 5.73 Å². The fraction of sp³-hybridized carbons (Fsp3) is 0.333. The van der Waals surface area contributed by atoms with Crippen LogP contribution >= 0.6 is 11.3 Å².